The number of aromatic nitrogens is 2. The maximum Gasteiger partial charge on any atom is 0.164 e. The number of benzene rings is 2. The third-order valence-corrected chi connectivity index (χ3v) is 8.96. The highest BCUT2D eigenvalue weighted by Crippen LogP contribution is 2.46. The van der Waals surface area contributed by atoms with Gasteiger partial charge in [-0.15, -0.1) is 0 Å². The topological polar surface area (TPSA) is 200 Å². The predicted molar refractivity (Wildman–Crippen MR) is 171 cm³/mol. The molecule has 2 fully saturated rings. The van der Waals surface area contributed by atoms with Crippen LogP contribution in [0.15, 0.2) is 53.2 Å². The second-order valence-electron chi connectivity index (χ2n) is 11.9. The summed E-state index contributed by atoms with van der Waals surface area (Å²) in [6, 6.07) is 10.3. The summed E-state index contributed by atoms with van der Waals surface area (Å²) in [5.74, 6) is 0.0189. The molecule has 12 nitrogen and oxygen atoms in total. The van der Waals surface area contributed by atoms with E-state index in [0.29, 0.717) is 44.7 Å². The van der Waals surface area contributed by atoms with E-state index < -0.39 is 22.9 Å². The van der Waals surface area contributed by atoms with E-state index in [2.05, 4.69) is 15.9 Å². The van der Waals surface area contributed by atoms with Crippen molar-refractivity contribution in [3.8, 4) is 17.0 Å². The molecule has 7 N–H and O–H groups in total. The van der Waals surface area contributed by atoms with Crippen molar-refractivity contribution in [3.63, 3.8) is 0 Å². The molecule has 0 unspecified atom stereocenters. The summed E-state index contributed by atoms with van der Waals surface area (Å²) in [4.78, 5) is 16.9. The van der Waals surface area contributed by atoms with Crippen LogP contribution < -0.4 is 20.5 Å². The van der Waals surface area contributed by atoms with Crippen molar-refractivity contribution in [2.45, 2.75) is 36.5 Å². The van der Waals surface area contributed by atoms with Crippen LogP contribution in [0, 0.1) is 5.82 Å². The van der Waals surface area contributed by atoms with Crippen LogP contribution in [0.5, 0.6) is 5.75 Å². The van der Waals surface area contributed by atoms with Gasteiger partial charge in [-0.1, -0.05) is 46.0 Å². The Hall–Kier alpha value is -3.53. The molecule has 2 aliphatic rings. The van der Waals surface area contributed by atoms with Crippen molar-refractivity contribution >= 4 is 46.6 Å². The first kappa shape index (κ1) is 35.8. The van der Waals surface area contributed by atoms with Gasteiger partial charge in [0.1, 0.15) is 60.9 Å². The molecule has 0 atom stereocenters. The van der Waals surface area contributed by atoms with Crippen LogP contribution in [0.4, 0.5) is 10.2 Å². The molecule has 2 aromatic carbocycles. The van der Waals surface area contributed by atoms with Crippen LogP contribution in [0.3, 0.4) is 0 Å². The minimum Gasteiger partial charge on any atom is -0.545 e. The highest BCUT2D eigenvalue weighted by molar-refractivity contribution is 6.39. The molecule has 0 amide bonds. The first-order valence-electron chi connectivity index (χ1n) is 14.7. The maximum atomic E-state index is 13.8. The number of nitrogens with zero attached hydrogens (tertiary/aromatic N) is 3. The van der Waals surface area contributed by atoms with E-state index in [4.69, 9.17) is 59.4 Å². The number of carboxylic acid groups (broad SMARTS) is 1. The highest BCUT2D eigenvalue weighted by Gasteiger charge is 2.44. The number of anilines is 1. The fourth-order valence-corrected chi connectivity index (χ4v) is 5.96. The molecule has 3 heterocycles. The molecule has 48 heavy (non-hydrogen) atoms. The lowest BCUT2D eigenvalue weighted by atomic mass is 9.86. The lowest BCUT2D eigenvalue weighted by molar-refractivity contribution is -0.494. The number of ether oxygens (including phenoxy) is 1. The number of carboxylic acids is 1. The van der Waals surface area contributed by atoms with Crippen LogP contribution in [-0.2, 0) is 12.2 Å². The molecule has 16 heteroatoms. The Morgan fingerprint density at radius 2 is 1.71 bits per heavy atom. The molecule has 1 saturated heterocycles. The second-order valence-corrected chi connectivity index (χ2v) is 13.1. The van der Waals surface area contributed by atoms with Gasteiger partial charge in [-0.05, 0) is 49.2 Å². The van der Waals surface area contributed by atoms with Gasteiger partial charge in [0.15, 0.2) is 5.54 Å². The van der Waals surface area contributed by atoms with Crippen LogP contribution in [-0.4, -0.2) is 75.0 Å². The first-order valence-corrected chi connectivity index (χ1v) is 15.8. The molecular formula is C32H32Cl3FN4O8. The van der Waals surface area contributed by atoms with Gasteiger partial charge in [0, 0.05) is 28.8 Å². The number of aliphatic hydroxyl groups is 4. The zero-order valence-electron chi connectivity index (χ0n) is 25.3. The Bertz CT molecular complexity index is 1750. The standard InChI is InChI=1S/C28H21Cl3FN3O5.C4H11NO3/c29-20-9-17(4-5-19(20)28(38)12-35(13-28)23-6-3-15(10-33-23)27(36)37)39-11-18-25(34-40-26(18)14-1-2-14)24-21(30)7-16(32)8-22(24)31;5-4(1-6,2-7)3-8/h3-10,14,38H,1-2,11-13H2,(H,36,37);6-8H,1-3,5H2. The van der Waals surface area contributed by atoms with Crippen LogP contribution in [0.2, 0.25) is 15.1 Å². The number of aliphatic hydroxyl groups excluding tert-OH is 3. The van der Waals surface area contributed by atoms with E-state index in [1.54, 1.807) is 29.2 Å². The molecule has 256 valence electrons. The summed E-state index contributed by atoms with van der Waals surface area (Å²) in [7, 11) is 0. The first-order chi connectivity index (χ1) is 22.8. The summed E-state index contributed by atoms with van der Waals surface area (Å²) in [5.41, 5.74) is 3.13. The van der Waals surface area contributed by atoms with Crippen molar-refractivity contribution in [2.75, 3.05) is 37.8 Å². The molecule has 2 aromatic heterocycles. The zero-order valence-corrected chi connectivity index (χ0v) is 27.6. The van der Waals surface area contributed by atoms with Crippen molar-refractivity contribution in [1.82, 2.24) is 10.1 Å². The lowest BCUT2D eigenvalue weighted by Gasteiger charge is -2.47. The third kappa shape index (κ3) is 7.69. The average molecular weight is 726 g/mol. The number of hydrogen-bond acceptors (Lipinski definition) is 11. The van der Waals surface area contributed by atoms with Crippen LogP contribution >= 0.6 is 34.8 Å². The number of carbonyl (C=O) groups is 1. The largest absolute Gasteiger partial charge is 0.545 e. The van der Waals surface area contributed by atoms with Gasteiger partial charge in [0.25, 0.3) is 0 Å². The minimum atomic E-state index is -1.31. The Morgan fingerprint density at radius 1 is 1.06 bits per heavy atom. The third-order valence-electron chi connectivity index (χ3n) is 8.05. The normalized spacial score (nSPS) is 15.4. The van der Waals surface area contributed by atoms with Crippen molar-refractivity contribution < 1.29 is 49.7 Å². The summed E-state index contributed by atoms with van der Waals surface area (Å²) in [6.07, 6.45) is 3.13. The van der Waals surface area contributed by atoms with Gasteiger partial charge in [-0.3, -0.25) is 0 Å². The molecular weight excluding hydrogens is 694 g/mol. The van der Waals surface area contributed by atoms with Crippen LogP contribution in [0.1, 0.15) is 46.0 Å². The monoisotopic (exact) mass is 724 g/mol. The summed E-state index contributed by atoms with van der Waals surface area (Å²) < 4.78 is 25.5. The van der Waals surface area contributed by atoms with Crippen molar-refractivity contribution in [2.24, 2.45) is 0 Å². The number of pyridine rings is 1. The Kier molecular flexibility index (Phi) is 10.8. The summed E-state index contributed by atoms with van der Waals surface area (Å²) >= 11 is 19.2. The van der Waals surface area contributed by atoms with Gasteiger partial charge < -0.3 is 50.2 Å². The molecule has 1 aliphatic heterocycles. The number of carbonyl (C=O) groups excluding carboxylic acids is 1. The van der Waals surface area contributed by atoms with E-state index >= 15 is 0 Å². The molecule has 0 radical (unpaired) electrons. The molecule has 4 aromatic rings. The Labute approximate surface area is 289 Å². The molecule has 0 spiro atoms. The van der Waals surface area contributed by atoms with E-state index in [1.165, 1.54) is 24.4 Å². The highest BCUT2D eigenvalue weighted by atomic mass is 35.5. The quantitative estimate of drug-likeness (QED) is 0.152. The van der Waals surface area contributed by atoms with Gasteiger partial charge in [0.05, 0.1) is 39.7 Å². The second kappa shape index (κ2) is 14.5. The van der Waals surface area contributed by atoms with Gasteiger partial charge >= 0.3 is 0 Å². The molecule has 1 saturated carbocycles. The predicted octanol–water partition coefficient (Wildman–Crippen LogP) is 2.31. The molecule has 0 bridgehead atoms. The number of aromatic carboxylic acids is 1. The fraction of sp³-hybridized carbons (Fsp3) is 0.344. The maximum absolute atomic E-state index is 13.8. The fourth-order valence-electron chi connectivity index (χ4n) is 4.97. The van der Waals surface area contributed by atoms with Crippen LogP contribution in [0.25, 0.3) is 11.3 Å². The summed E-state index contributed by atoms with van der Waals surface area (Å²) in [6.45, 7) is -0.354. The lowest BCUT2D eigenvalue weighted by Crippen LogP contribution is -2.78. The number of β-amino-alcohol motifs (C(OH)–C–C–N with tert-alkyl or cyclic N) is 1. The van der Waals surface area contributed by atoms with Crippen molar-refractivity contribution in [3.05, 3.63) is 92.0 Å². The zero-order chi connectivity index (χ0) is 34.8. The average Bonchev–Trinajstić information content (AvgIpc) is 3.81. The smallest absolute Gasteiger partial charge is 0.164 e. The van der Waals surface area contributed by atoms with Gasteiger partial charge in [-0.2, -0.15) is 0 Å². The Balaban J connectivity index is 0.000000503. The minimum absolute atomic E-state index is 0.0235. The molecule has 1 aliphatic carbocycles. The van der Waals surface area contributed by atoms with E-state index in [-0.39, 0.29) is 61.0 Å². The number of halogens is 4. The Morgan fingerprint density at radius 3 is 2.21 bits per heavy atom. The van der Waals surface area contributed by atoms with E-state index in [1.807, 2.05) is 0 Å². The van der Waals surface area contributed by atoms with E-state index in [9.17, 15) is 19.4 Å². The SMILES string of the molecule is O=C([O-])c1ccc(N2CC(O)(c3ccc(OCc4c(-c5c(Cl)cc(F)cc5Cl)noc4C4CC4)cc3Cl)C2)nc1.[NH3+]C(CO)(CO)CO. The molecule has 6 rings (SSSR count). The van der Waals surface area contributed by atoms with Gasteiger partial charge in [-0.25, -0.2) is 9.37 Å². The number of hydrogen-bond donors (Lipinski definition) is 5. The van der Waals surface area contributed by atoms with Crippen molar-refractivity contribution in [1.29, 1.82) is 0 Å². The number of quaternary nitrogens is 1. The summed E-state index contributed by atoms with van der Waals surface area (Å²) in [5, 5.41) is 52.1. The van der Waals surface area contributed by atoms with E-state index in [0.717, 1.165) is 12.8 Å². The number of rotatable bonds is 11. The van der Waals surface area contributed by atoms with Gasteiger partial charge in [0.2, 0.25) is 0 Å².